The van der Waals surface area contributed by atoms with E-state index in [4.69, 9.17) is 10.00 Å². The van der Waals surface area contributed by atoms with Crippen molar-refractivity contribution in [1.82, 2.24) is 0 Å². The summed E-state index contributed by atoms with van der Waals surface area (Å²) in [6, 6.07) is 4.99. The van der Waals surface area contributed by atoms with E-state index >= 15 is 0 Å². The molecular formula is C14H14F2N2O3. The Morgan fingerprint density at radius 2 is 2.19 bits per heavy atom. The molecule has 0 bridgehead atoms. The number of carbonyl (C=O) groups excluding carboxylic acids is 1. The van der Waals surface area contributed by atoms with Gasteiger partial charge in [-0.15, -0.1) is 0 Å². The molecule has 2 rings (SSSR count). The van der Waals surface area contributed by atoms with Crippen molar-refractivity contribution in [3.05, 3.63) is 23.8 Å². The smallest absolute Gasteiger partial charge is 0.352 e. The van der Waals surface area contributed by atoms with Crippen LogP contribution in [0.25, 0.3) is 0 Å². The number of nitriles is 1. The number of halogens is 2. The van der Waals surface area contributed by atoms with Crippen LogP contribution in [0, 0.1) is 11.3 Å². The van der Waals surface area contributed by atoms with Crippen LogP contribution in [0.4, 0.5) is 14.5 Å². The number of carbonyl (C=O) groups is 1. The Labute approximate surface area is 120 Å². The van der Waals surface area contributed by atoms with E-state index in [1.807, 2.05) is 6.07 Å². The lowest BCUT2D eigenvalue weighted by atomic mass is 10.1. The Bertz CT molecular complexity index is 613. The van der Waals surface area contributed by atoms with Crippen LogP contribution < -0.4 is 9.64 Å². The average molecular weight is 296 g/mol. The Kier molecular flexibility index (Phi) is 3.83. The van der Waals surface area contributed by atoms with E-state index in [-0.39, 0.29) is 23.4 Å². The summed E-state index contributed by atoms with van der Waals surface area (Å²) in [7, 11) is 1.34. The molecule has 1 saturated heterocycles. The molecule has 2 unspecified atom stereocenters. The van der Waals surface area contributed by atoms with Gasteiger partial charge in [-0.1, -0.05) is 6.92 Å². The van der Waals surface area contributed by atoms with Gasteiger partial charge in [0.05, 0.1) is 18.7 Å². The monoisotopic (exact) mass is 296 g/mol. The number of aliphatic hydroxyl groups is 1. The summed E-state index contributed by atoms with van der Waals surface area (Å²) in [5.41, 5.74) is 0.396. The van der Waals surface area contributed by atoms with Crippen molar-refractivity contribution in [2.75, 3.05) is 12.0 Å². The number of aliphatic hydroxyl groups excluding tert-OH is 1. The van der Waals surface area contributed by atoms with E-state index in [0.717, 1.165) is 4.90 Å². The zero-order valence-electron chi connectivity index (χ0n) is 11.5. The van der Waals surface area contributed by atoms with Crippen molar-refractivity contribution >= 4 is 11.6 Å². The third-order valence-corrected chi connectivity index (χ3v) is 3.57. The van der Waals surface area contributed by atoms with Crippen LogP contribution in [0.15, 0.2) is 18.2 Å². The molecule has 1 aliphatic heterocycles. The molecule has 21 heavy (non-hydrogen) atoms. The van der Waals surface area contributed by atoms with Gasteiger partial charge >= 0.3 is 11.8 Å². The van der Waals surface area contributed by atoms with E-state index in [2.05, 4.69) is 0 Å². The van der Waals surface area contributed by atoms with Crippen molar-refractivity contribution in [1.29, 1.82) is 5.26 Å². The summed E-state index contributed by atoms with van der Waals surface area (Å²) in [4.78, 5) is 12.7. The SMILES string of the molecule is CCC1C(O)C(F)(F)C(=O)N1c1ccc(C#N)c(OC)c1. The quantitative estimate of drug-likeness (QED) is 0.921. The second kappa shape index (κ2) is 5.30. The fraction of sp³-hybridized carbons (Fsp3) is 0.429. The summed E-state index contributed by atoms with van der Waals surface area (Å²) < 4.78 is 32.4. The summed E-state index contributed by atoms with van der Waals surface area (Å²) in [5, 5.41) is 18.6. The van der Waals surface area contributed by atoms with Crippen LogP contribution in [0.1, 0.15) is 18.9 Å². The van der Waals surface area contributed by atoms with Gasteiger partial charge in [-0.25, -0.2) is 0 Å². The number of hydrogen-bond donors (Lipinski definition) is 1. The van der Waals surface area contributed by atoms with Gasteiger partial charge in [0.1, 0.15) is 17.9 Å². The van der Waals surface area contributed by atoms with Crippen LogP contribution in [0.2, 0.25) is 0 Å². The highest BCUT2D eigenvalue weighted by Gasteiger charge is 2.61. The predicted molar refractivity (Wildman–Crippen MR) is 70.2 cm³/mol. The minimum absolute atomic E-state index is 0.166. The number of alkyl halides is 2. The van der Waals surface area contributed by atoms with E-state index in [1.165, 1.54) is 25.3 Å². The molecule has 1 fully saturated rings. The van der Waals surface area contributed by atoms with Gasteiger partial charge in [0.2, 0.25) is 0 Å². The zero-order chi connectivity index (χ0) is 15.8. The molecule has 1 N–H and O–H groups in total. The van der Waals surface area contributed by atoms with E-state index in [9.17, 15) is 18.7 Å². The number of amides is 1. The maximum atomic E-state index is 13.7. The van der Waals surface area contributed by atoms with Crippen LogP contribution in [0.3, 0.4) is 0 Å². The minimum atomic E-state index is -3.82. The number of anilines is 1. The second-order valence-corrected chi connectivity index (χ2v) is 4.71. The fourth-order valence-corrected chi connectivity index (χ4v) is 2.46. The largest absolute Gasteiger partial charge is 0.495 e. The molecule has 1 amide bonds. The Morgan fingerprint density at radius 3 is 2.71 bits per heavy atom. The molecular weight excluding hydrogens is 282 g/mol. The fourth-order valence-electron chi connectivity index (χ4n) is 2.46. The van der Waals surface area contributed by atoms with Crippen LogP contribution in [-0.2, 0) is 4.79 Å². The van der Waals surface area contributed by atoms with E-state index in [0.29, 0.717) is 0 Å². The maximum Gasteiger partial charge on any atom is 0.352 e. The third kappa shape index (κ3) is 2.21. The topological polar surface area (TPSA) is 73.6 Å². The number of rotatable bonds is 3. The lowest BCUT2D eigenvalue weighted by Gasteiger charge is -2.24. The van der Waals surface area contributed by atoms with Gasteiger partial charge in [0.25, 0.3) is 0 Å². The summed E-state index contributed by atoms with van der Waals surface area (Å²) in [6.07, 6.45) is -1.89. The molecule has 112 valence electrons. The Balaban J connectivity index is 2.50. The lowest BCUT2D eigenvalue weighted by Crippen LogP contribution is -2.37. The highest BCUT2D eigenvalue weighted by Crippen LogP contribution is 2.39. The Morgan fingerprint density at radius 1 is 1.52 bits per heavy atom. The molecule has 5 nitrogen and oxygen atoms in total. The molecule has 1 aromatic rings. The molecule has 1 heterocycles. The number of methoxy groups -OCH3 is 1. The molecule has 0 saturated carbocycles. The van der Waals surface area contributed by atoms with Gasteiger partial charge in [-0.05, 0) is 18.6 Å². The van der Waals surface area contributed by atoms with Crippen molar-refractivity contribution in [2.24, 2.45) is 0 Å². The number of ether oxygens (including phenoxy) is 1. The molecule has 1 aliphatic rings. The van der Waals surface area contributed by atoms with Gasteiger partial charge < -0.3 is 14.7 Å². The van der Waals surface area contributed by atoms with E-state index < -0.39 is 24.0 Å². The molecule has 0 radical (unpaired) electrons. The third-order valence-electron chi connectivity index (χ3n) is 3.57. The average Bonchev–Trinajstić information content (AvgIpc) is 2.66. The van der Waals surface area contributed by atoms with E-state index in [1.54, 1.807) is 6.92 Å². The van der Waals surface area contributed by atoms with Crippen molar-refractivity contribution < 1.29 is 23.4 Å². The number of nitrogens with zero attached hydrogens (tertiary/aromatic N) is 2. The molecule has 2 atom stereocenters. The number of hydrogen-bond acceptors (Lipinski definition) is 4. The molecule has 0 aliphatic carbocycles. The van der Waals surface area contributed by atoms with Crippen LogP contribution in [0.5, 0.6) is 5.75 Å². The van der Waals surface area contributed by atoms with Gasteiger partial charge in [-0.2, -0.15) is 14.0 Å². The standard InChI is InChI=1S/C14H14F2N2O3/c1-3-10-12(19)14(15,16)13(20)18(10)9-5-4-8(7-17)11(6-9)21-2/h4-6,10,12,19H,3H2,1-2H3. The summed E-state index contributed by atoms with van der Waals surface area (Å²) >= 11 is 0. The van der Waals surface area contributed by atoms with Gasteiger partial charge in [0.15, 0.2) is 0 Å². The first-order valence-corrected chi connectivity index (χ1v) is 6.36. The summed E-state index contributed by atoms with van der Waals surface area (Å²) in [6.45, 7) is 1.61. The maximum absolute atomic E-state index is 13.7. The van der Waals surface area contributed by atoms with Crippen LogP contribution in [-0.4, -0.2) is 36.2 Å². The molecule has 1 aromatic carbocycles. The molecule has 7 heteroatoms. The lowest BCUT2D eigenvalue weighted by molar-refractivity contribution is -0.149. The predicted octanol–water partition coefficient (Wildman–Crippen LogP) is 1.69. The Hall–Kier alpha value is -2.20. The van der Waals surface area contributed by atoms with Gasteiger partial charge in [0, 0.05) is 11.8 Å². The second-order valence-electron chi connectivity index (χ2n) is 4.71. The van der Waals surface area contributed by atoms with Crippen molar-refractivity contribution in [3.8, 4) is 11.8 Å². The highest BCUT2D eigenvalue weighted by molar-refractivity contribution is 6.02. The first kappa shape index (κ1) is 15.2. The summed E-state index contributed by atoms with van der Waals surface area (Å²) in [5.74, 6) is -5.09. The van der Waals surface area contributed by atoms with Crippen LogP contribution >= 0.6 is 0 Å². The first-order chi connectivity index (χ1) is 9.88. The molecule has 0 aromatic heterocycles. The molecule has 0 spiro atoms. The minimum Gasteiger partial charge on any atom is -0.495 e. The number of benzene rings is 1. The highest BCUT2D eigenvalue weighted by atomic mass is 19.3. The normalized spacial score (nSPS) is 24.0. The van der Waals surface area contributed by atoms with Gasteiger partial charge in [-0.3, -0.25) is 4.79 Å². The van der Waals surface area contributed by atoms with Crippen molar-refractivity contribution in [2.45, 2.75) is 31.4 Å². The van der Waals surface area contributed by atoms with Crippen molar-refractivity contribution in [3.63, 3.8) is 0 Å². The zero-order valence-corrected chi connectivity index (χ0v) is 11.5. The first-order valence-electron chi connectivity index (χ1n) is 6.36.